The third kappa shape index (κ3) is 4.00. The molecule has 0 aliphatic carbocycles. The highest BCUT2D eigenvalue weighted by Gasteiger charge is 2.30. The van der Waals surface area contributed by atoms with E-state index in [9.17, 15) is 4.79 Å². The van der Waals surface area contributed by atoms with Crippen molar-refractivity contribution in [3.8, 4) is 11.3 Å². The maximum Gasteiger partial charge on any atom is 0.223 e. The molecule has 5 heteroatoms. The minimum atomic E-state index is 0.250. The fourth-order valence-corrected chi connectivity index (χ4v) is 3.97. The van der Waals surface area contributed by atoms with E-state index in [1.807, 2.05) is 47.4 Å². The molecular weight excluding hydrogens is 326 g/mol. The van der Waals surface area contributed by atoms with Gasteiger partial charge in [0.15, 0.2) is 0 Å². The lowest BCUT2D eigenvalue weighted by Gasteiger charge is -2.32. The van der Waals surface area contributed by atoms with E-state index in [0.717, 1.165) is 62.8 Å². The number of carbonyl (C=O) groups excluding carboxylic acids is 1. The standard InChI is InChI=1S/C21H27N3O2/c25-21(24-13-10-18(16-24)23-14-11-22-12-15-23)9-7-19-6-8-20(26-19)17-4-2-1-3-5-17/h1-6,8,18,22H,7,9-16H2. The summed E-state index contributed by atoms with van der Waals surface area (Å²) >= 11 is 0. The van der Waals surface area contributed by atoms with Gasteiger partial charge in [-0.25, -0.2) is 0 Å². The van der Waals surface area contributed by atoms with Crippen LogP contribution in [-0.4, -0.2) is 61.0 Å². The van der Waals surface area contributed by atoms with Crippen LogP contribution in [0, 0.1) is 0 Å². The van der Waals surface area contributed by atoms with Gasteiger partial charge in [-0.2, -0.15) is 0 Å². The topological polar surface area (TPSA) is 48.7 Å². The van der Waals surface area contributed by atoms with Crippen molar-refractivity contribution < 1.29 is 9.21 Å². The van der Waals surface area contributed by atoms with Crippen LogP contribution in [0.1, 0.15) is 18.6 Å². The minimum absolute atomic E-state index is 0.250. The Morgan fingerprint density at radius 2 is 1.88 bits per heavy atom. The first-order valence-corrected chi connectivity index (χ1v) is 9.66. The lowest BCUT2D eigenvalue weighted by Crippen LogP contribution is -2.49. The fraction of sp³-hybridized carbons (Fsp3) is 0.476. The van der Waals surface area contributed by atoms with E-state index in [4.69, 9.17) is 4.42 Å². The molecule has 4 rings (SSSR count). The van der Waals surface area contributed by atoms with E-state index in [0.29, 0.717) is 18.9 Å². The molecule has 1 aromatic carbocycles. The molecule has 26 heavy (non-hydrogen) atoms. The average molecular weight is 353 g/mol. The first-order chi connectivity index (χ1) is 12.8. The molecule has 1 atom stereocenters. The van der Waals surface area contributed by atoms with Crippen molar-refractivity contribution in [2.24, 2.45) is 0 Å². The molecule has 1 unspecified atom stereocenters. The van der Waals surface area contributed by atoms with Crippen molar-refractivity contribution >= 4 is 5.91 Å². The summed E-state index contributed by atoms with van der Waals surface area (Å²) in [5, 5.41) is 3.39. The van der Waals surface area contributed by atoms with Crippen molar-refractivity contribution in [3.05, 3.63) is 48.2 Å². The highest BCUT2D eigenvalue weighted by Crippen LogP contribution is 2.23. The van der Waals surface area contributed by atoms with Crippen molar-refractivity contribution in [1.82, 2.24) is 15.1 Å². The van der Waals surface area contributed by atoms with Gasteiger partial charge >= 0.3 is 0 Å². The van der Waals surface area contributed by atoms with Crippen LogP contribution >= 0.6 is 0 Å². The highest BCUT2D eigenvalue weighted by molar-refractivity contribution is 5.76. The van der Waals surface area contributed by atoms with Crippen molar-refractivity contribution in [1.29, 1.82) is 0 Å². The van der Waals surface area contributed by atoms with Crippen LogP contribution in [0.5, 0.6) is 0 Å². The fourth-order valence-electron chi connectivity index (χ4n) is 3.97. The van der Waals surface area contributed by atoms with Gasteiger partial charge in [-0.15, -0.1) is 0 Å². The van der Waals surface area contributed by atoms with Gasteiger partial charge in [0.2, 0.25) is 5.91 Å². The Bertz CT molecular complexity index is 722. The van der Waals surface area contributed by atoms with Crippen LogP contribution in [0.15, 0.2) is 46.9 Å². The lowest BCUT2D eigenvalue weighted by atomic mass is 10.2. The van der Waals surface area contributed by atoms with Gasteiger partial charge in [0.05, 0.1) is 0 Å². The first kappa shape index (κ1) is 17.3. The van der Waals surface area contributed by atoms with Crippen LogP contribution in [0.4, 0.5) is 0 Å². The highest BCUT2D eigenvalue weighted by atomic mass is 16.3. The molecule has 3 heterocycles. The molecule has 0 saturated carbocycles. The summed E-state index contributed by atoms with van der Waals surface area (Å²) < 4.78 is 5.91. The summed E-state index contributed by atoms with van der Waals surface area (Å²) in [5.74, 6) is 2.00. The maximum absolute atomic E-state index is 12.6. The molecule has 2 fully saturated rings. The summed E-state index contributed by atoms with van der Waals surface area (Å²) in [6.45, 7) is 6.09. The second-order valence-corrected chi connectivity index (χ2v) is 7.20. The van der Waals surface area contributed by atoms with Gasteiger partial charge in [-0.3, -0.25) is 9.69 Å². The molecule has 1 N–H and O–H groups in total. The number of nitrogens with one attached hydrogen (secondary N) is 1. The number of benzene rings is 1. The largest absolute Gasteiger partial charge is 0.461 e. The Balaban J connectivity index is 1.27. The van der Waals surface area contributed by atoms with E-state index in [1.54, 1.807) is 0 Å². The molecule has 138 valence electrons. The SMILES string of the molecule is O=C(CCc1ccc(-c2ccccc2)o1)N1CCC(N2CCNCC2)C1. The van der Waals surface area contributed by atoms with Crippen LogP contribution in [-0.2, 0) is 11.2 Å². The summed E-state index contributed by atoms with van der Waals surface area (Å²) in [7, 11) is 0. The second-order valence-electron chi connectivity index (χ2n) is 7.20. The molecule has 1 amide bonds. The van der Waals surface area contributed by atoms with E-state index >= 15 is 0 Å². The van der Waals surface area contributed by atoms with Crippen LogP contribution in [0.3, 0.4) is 0 Å². The second kappa shape index (κ2) is 8.06. The zero-order valence-electron chi connectivity index (χ0n) is 15.2. The molecule has 2 aromatic rings. The number of carbonyl (C=O) groups is 1. The number of rotatable bonds is 5. The summed E-state index contributed by atoms with van der Waals surface area (Å²) in [6.07, 6.45) is 2.29. The minimum Gasteiger partial charge on any atom is -0.461 e. The van der Waals surface area contributed by atoms with Crippen molar-refractivity contribution in [3.63, 3.8) is 0 Å². The van der Waals surface area contributed by atoms with Crippen LogP contribution in [0.25, 0.3) is 11.3 Å². The normalized spacial score (nSPS) is 21.2. The van der Waals surface area contributed by atoms with Crippen LogP contribution < -0.4 is 5.32 Å². The number of piperazine rings is 1. The lowest BCUT2D eigenvalue weighted by molar-refractivity contribution is -0.130. The number of furan rings is 1. The smallest absolute Gasteiger partial charge is 0.223 e. The predicted molar refractivity (Wildman–Crippen MR) is 102 cm³/mol. The molecule has 0 spiro atoms. The Hall–Kier alpha value is -2.11. The summed E-state index contributed by atoms with van der Waals surface area (Å²) in [4.78, 5) is 17.1. The zero-order chi connectivity index (χ0) is 17.8. The monoisotopic (exact) mass is 353 g/mol. The Morgan fingerprint density at radius 3 is 2.69 bits per heavy atom. The molecule has 0 radical (unpaired) electrons. The van der Waals surface area contributed by atoms with Gasteiger partial charge in [0, 0.05) is 63.7 Å². The molecule has 5 nitrogen and oxygen atoms in total. The molecule has 1 aromatic heterocycles. The summed E-state index contributed by atoms with van der Waals surface area (Å²) in [6, 6.07) is 14.6. The van der Waals surface area contributed by atoms with Gasteiger partial charge in [0.1, 0.15) is 11.5 Å². The third-order valence-corrected chi connectivity index (χ3v) is 5.49. The molecular formula is C21H27N3O2. The maximum atomic E-state index is 12.6. The van der Waals surface area contributed by atoms with E-state index in [2.05, 4.69) is 10.2 Å². The van der Waals surface area contributed by atoms with Crippen molar-refractivity contribution in [2.75, 3.05) is 39.3 Å². The Morgan fingerprint density at radius 1 is 1.08 bits per heavy atom. The number of likely N-dealkylation sites (tertiary alicyclic amines) is 1. The van der Waals surface area contributed by atoms with Gasteiger partial charge < -0.3 is 14.6 Å². The molecule has 2 aliphatic rings. The van der Waals surface area contributed by atoms with E-state index < -0.39 is 0 Å². The Kier molecular flexibility index (Phi) is 5.37. The quantitative estimate of drug-likeness (QED) is 0.897. The van der Waals surface area contributed by atoms with Gasteiger partial charge in [0.25, 0.3) is 0 Å². The molecule has 2 saturated heterocycles. The number of nitrogens with zero attached hydrogens (tertiary/aromatic N) is 2. The predicted octanol–water partition coefficient (Wildman–Crippen LogP) is 2.39. The number of amides is 1. The number of hydrogen-bond acceptors (Lipinski definition) is 4. The molecule has 2 aliphatic heterocycles. The van der Waals surface area contributed by atoms with Crippen LogP contribution in [0.2, 0.25) is 0 Å². The first-order valence-electron chi connectivity index (χ1n) is 9.66. The van der Waals surface area contributed by atoms with Crippen molar-refractivity contribution in [2.45, 2.75) is 25.3 Å². The Labute approximate surface area is 155 Å². The van der Waals surface area contributed by atoms with Gasteiger partial charge in [-0.1, -0.05) is 30.3 Å². The van der Waals surface area contributed by atoms with E-state index in [1.165, 1.54) is 0 Å². The number of hydrogen-bond donors (Lipinski definition) is 1. The zero-order valence-corrected chi connectivity index (χ0v) is 15.2. The third-order valence-electron chi connectivity index (χ3n) is 5.49. The number of aryl methyl sites for hydroxylation is 1. The van der Waals surface area contributed by atoms with Gasteiger partial charge in [-0.05, 0) is 18.6 Å². The average Bonchev–Trinajstić information content (AvgIpc) is 3.37. The van der Waals surface area contributed by atoms with E-state index in [-0.39, 0.29) is 5.91 Å². The summed E-state index contributed by atoms with van der Waals surface area (Å²) in [5.41, 5.74) is 1.07. The molecule has 0 bridgehead atoms.